The molecule has 2 heterocycles. The van der Waals surface area contributed by atoms with Gasteiger partial charge in [-0.05, 0) is 38.1 Å². The first kappa shape index (κ1) is 12.3. The molecule has 4 nitrogen and oxygen atoms in total. The average Bonchev–Trinajstić information content (AvgIpc) is 2.41. The Morgan fingerprint density at radius 2 is 1.94 bits per heavy atom. The molecule has 1 aromatic rings. The van der Waals surface area contributed by atoms with Crippen molar-refractivity contribution in [2.45, 2.75) is 12.8 Å². The molecule has 0 unspecified atom stereocenters. The fourth-order valence-corrected chi connectivity index (χ4v) is 2.22. The van der Waals surface area contributed by atoms with Crippen molar-refractivity contribution in [1.82, 2.24) is 9.88 Å². The first-order valence-corrected chi connectivity index (χ1v) is 6.48. The van der Waals surface area contributed by atoms with Gasteiger partial charge in [0.25, 0.3) is 0 Å². The predicted molar refractivity (Wildman–Crippen MR) is 71.2 cm³/mol. The maximum absolute atomic E-state index is 5.51. The molecule has 0 radical (unpaired) electrons. The van der Waals surface area contributed by atoms with Gasteiger partial charge < -0.3 is 10.6 Å². The van der Waals surface area contributed by atoms with Crippen LogP contribution in [0.5, 0.6) is 0 Å². The van der Waals surface area contributed by atoms with Gasteiger partial charge in [0.2, 0.25) is 0 Å². The van der Waals surface area contributed by atoms with Crippen LogP contribution in [-0.2, 0) is 0 Å². The monoisotopic (exact) mass is 234 g/mol. The number of rotatable bonds is 5. The van der Waals surface area contributed by atoms with Gasteiger partial charge >= 0.3 is 0 Å². The molecule has 1 fully saturated rings. The van der Waals surface area contributed by atoms with Crippen LogP contribution in [0.15, 0.2) is 24.4 Å². The van der Waals surface area contributed by atoms with Crippen LogP contribution in [0.1, 0.15) is 12.8 Å². The molecule has 1 aromatic heterocycles. The van der Waals surface area contributed by atoms with Crippen LogP contribution in [0, 0.1) is 0 Å². The van der Waals surface area contributed by atoms with Crippen molar-refractivity contribution >= 4 is 5.82 Å². The van der Waals surface area contributed by atoms with Gasteiger partial charge in [0.15, 0.2) is 0 Å². The lowest BCUT2D eigenvalue weighted by atomic mass is 10.2. The maximum Gasteiger partial charge on any atom is 0.128 e. The lowest BCUT2D eigenvalue weighted by Gasteiger charge is -2.35. The quantitative estimate of drug-likeness (QED) is 0.770. The second kappa shape index (κ2) is 6.57. The summed E-state index contributed by atoms with van der Waals surface area (Å²) in [6, 6.07) is 6.10. The number of hydrogen-bond acceptors (Lipinski definition) is 4. The highest BCUT2D eigenvalue weighted by Crippen LogP contribution is 2.12. The standard InChI is InChI=1S/C13H22N4/c14-6-2-4-8-16-9-11-17(12-10-16)13-5-1-3-7-15-13/h1,3,5,7H,2,4,6,8-12,14H2. The van der Waals surface area contributed by atoms with Gasteiger partial charge in [0.1, 0.15) is 5.82 Å². The second-order valence-corrected chi connectivity index (χ2v) is 4.51. The summed E-state index contributed by atoms with van der Waals surface area (Å²) in [5.41, 5.74) is 5.51. The molecule has 2 N–H and O–H groups in total. The van der Waals surface area contributed by atoms with Gasteiger partial charge in [0.05, 0.1) is 0 Å². The third kappa shape index (κ3) is 3.68. The number of anilines is 1. The lowest BCUT2D eigenvalue weighted by Crippen LogP contribution is -2.46. The molecule has 94 valence electrons. The molecule has 1 aliphatic rings. The van der Waals surface area contributed by atoms with Crippen molar-refractivity contribution < 1.29 is 0 Å². The van der Waals surface area contributed by atoms with Crippen molar-refractivity contribution in [2.75, 3.05) is 44.2 Å². The molecule has 0 aliphatic carbocycles. The van der Waals surface area contributed by atoms with Crippen LogP contribution < -0.4 is 10.6 Å². The highest BCUT2D eigenvalue weighted by atomic mass is 15.3. The Bertz CT molecular complexity index is 306. The van der Waals surface area contributed by atoms with Crippen LogP contribution in [-0.4, -0.2) is 49.2 Å². The number of nitrogens with zero attached hydrogens (tertiary/aromatic N) is 3. The summed E-state index contributed by atoms with van der Waals surface area (Å²) in [5.74, 6) is 1.11. The molecule has 0 atom stereocenters. The van der Waals surface area contributed by atoms with Gasteiger partial charge in [-0.2, -0.15) is 0 Å². The molecule has 1 saturated heterocycles. The Hall–Kier alpha value is -1.13. The van der Waals surface area contributed by atoms with Gasteiger partial charge in [-0.15, -0.1) is 0 Å². The zero-order valence-electron chi connectivity index (χ0n) is 10.4. The molecule has 1 aliphatic heterocycles. The molecule has 2 rings (SSSR count). The summed E-state index contributed by atoms with van der Waals surface area (Å²) < 4.78 is 0. The van der Waals surface area contributed by atoms with E-state index in [2.05, 4.69) is 26.9 Å². The number of unbranched alkanes of at least 4 members (excludes halogenated alkanes) is 1. The van der Waals surface area contributed by atoms with E-state index in [1.165, 1.54) is 13.0 Å². The second-order valence-electron chi connectivity index (χ2n) is 4.51. The zero-order chi connectivity index (χ0) is 11.9. The van der Waals surface area contributed by atoms with E-state index in [4.69, 9.17) is 5.73 Å². The third-order valence-electron chi connectivity index (χ3n) is 3.27. The highest BCUT2D eigenvalue weighted by molar-refractivity contribution is 5.38. The minimum atomic E-state index is 0.813. The molecule has 0 aromatic carbocycles. The van der Waals surface area contributed by atoms with E-state index >= 15 is 0 Å². The smallest absolute Gasteiger partial charge is 0.128 e. The van der Waals surface area contributed by atoms with Crippen molar-refractivity contribution in [3.05, 3.63) is 24.4 Å². The van der Waals surface area contributed by atoms with Crippen LogP contribution in [0.3, 0.4) is 0 Å². The first-order chi connectivity index (χ1) is 8.40. The minimum absolute atomic E-state index is 0.813. The summed E-state index contributed by atoms with van der Waals surface area (Å²) in [6.07, 6.45) is 4.23. The summed E-state index contributed by atoms with van der Waals surface area (Å²) in [6.45, 7) is 6.45. The molecule has 0 amide bonds. The summed E-state index contributed by atoms with van der Waals surface area (Å²) >= 11 is 0. The molecule has 17 heavy (non-hydrogen) atoms. The number of nitrogens with two attached hydrogens (primary N) is 1. The van der Waals surface area contributed by atoms with E-state index in [1.807, 2.05) is 12.3 Å². The predicted octanol–water partition coefficient (Wildman–Crippen LogP) is 0.942. The largest absolute Gasteiger partial charge is 0.354 e. The maximum atomic E-state index is 5.51. The topological polar surface area (TPSA) is 45.4 Å². The number of pyridine rings is 1. The number of piperazine rings is 1. The molecule has 4 heteroatoms. The Balaban J connectivity index is 1.74. The summed E-state index contributed by atoms with van der Waals surface area (Å²) in [7, 11) is 0. The Morgan fingerprint density at radius 3 is 2.59 bits per heavy atom. The fourth-order valence-electron chi connectivity index (χ4n) is 2.22. The SMILES string of the molecule is NCCCCN1CCN(c2ccccn2)CC1. The van der Waals surface area contributed by atoms with E-state index in [0.29, 0.717) is 0 Å². The van der Waals surface area contributed by atoms with Crippen LogP contribution in [0.25, 0.3) is 0 Å². The minimum Gasteiger partial charge on any atom is -0.354 e. The van der Waals surface area contributed by atoms with Gasteiger partial charge in [0, 0.05) is 32.4 Å². The Labute approximate surface area is 103 Å². The molecule has 0 saturated carbocycles. The normalized spacial score (nSPS) is 17.4. The Kier molecular flexibility index (Phi) is 4.76. The number of aromatic nitrogens is 1. The van der Waals surface area contributed by atoms with Crippen LogP contribution >= 0.6 is 0 Å². The van der Waals surface area contributed by atoms with Crippen LogP contribution in [0.4, 0.5) is 5.82 Å². The van der Waals surface area contributed by atoms with E-state index in [1.54, 1.807) is 0 Å². The van der Waals surface area contributed by atoms with E-state index < -0.39 is 0 Å². The third-order valence-corrected chi connectivity index (χ3v) is 3.27. The average molecular weight is 234 g/mol. The molecular formula is C13H22N4. The fraction of sp³-hybridized carbons (Fsp3) is 0.615. The van der Waals surface area contributed by atoms with E-state index in [9.17, 15) is 0 Å². The van der Waals surface area contributed by atoms with Crippen molar-refractivity contribution in [3.8, 4) is 0 Å². The van der Waals surface area contributed by atoms with Gasteiger partial charge in [-0.25, -0.2) is 4.98 Å². The zero-order valence-corrected chi connectivity index (χ0v) is 10.4. The highest BCUT2D eigenvalue weighted by Gasteiger charge is 2.16. The van der Waals surface area contributed by atoms with Gasteiger partial charge in [-0.3, -0.25) is 4.90 Å². The number of hydrogen-bond donors (Lipinski definition) is 1. The van der Waals surface area contributed by atoms with Gasteiger partial charge in [-0.1, -0.05) is 6.07 Å². The van der Waals surface area contributed by atoms with E-state index in [-0.39, 0.29) is 0 Å². The van der Waals surface area contributed by atoms with Crippen LogP contribution in [0.2, 0.25) is 0 Å². The summed E-state index contributed by atoms with van der Waals surface area (Å²) in [4.78, 5) is 9.28. The lowest BCUT2D eigenvalue weighted by molar-refractivity contribution is 0.253. The van der Waals surface area contributed by atoms with Crippen molar-refractivity contribution in [2.24, 2.45) is 5.73 Å². The summed E-state index contributed by atoms with van der Waals surface area (Å²) in [5, 5.41) is 0. The molecule has 0 bridgehead atoms. The van der Waals surface area contributed by atoms with Crippen molar-refractivity contribution in [1.29, 1.82) is 0 Å². The first-order valence-electron chi connectivity index (χ1n) is 6.48. The molecular weight excluding hydrogens is 212 g/mol. The van der Waals surface area contributed by atoms with E-state index in [0.717, 1.165) is 45.0 Å². The molecule has 0 spiro atoms. The Morgan fingerprint density at radius 1 is 1.12 bits per heavy atom. The van der Waals surface area contributed by atoms with Crippen molar-refractivity contribution in [3.63, 3.8) is 0 Å².